The smallest absolute Gasteiger partial charge is 0.140 e. The standard InChI is InChI=1S/C31H34N8O3/c1-37-19-24(17-36-37)23-4-2-22(3-5-23)16-32-30-15-26(34-21-35-30)28-18-33-31-14-25(6-8-39(28)31)41-12-9-38-10-13-42-29-20-40-11-7-27(29)38/h2-6,8,14-15,17-19,21,27,29H,7,9-13,16,20H2,1H3,(H,32,34,35)/t27-,29+/m0/s1. The van der Waals surface area contributed by atoms with Gasteiger partial charge in [0.2, 0.25) is 0 Å². The van der Waals surface area contributed by atoms with Gasteiger partial charge in [0, 0.05) is 69.4 Å². The van der Waals surface area contributed by atoms with Crippen LogP contribution in [0.15, 0.2) is 73.6 Å². The Balaban J connectivity index is 0.972. The summed E-state index contributed by atoms with van der Waals surface area (Å²) in [4.78, 5) is 16.0. The minimum absolute atomic E-state index is 0.175. The summed E-state index contributed by atoms with van der Waals surface area (Å²) < 4.78 is 21.4. The predicted octanol–water partition coefficient (Wildman–Crippen LogP) is 3.67. The van der Waals surface area contributed by atoms with Crippen molar-refractivity contribution in [2.45, 2.75) is 25.1 Å². The van der Waals surface area contributed by atoms with E-state index in [1.54, 1.807) is 6.33 Å². The molecule has 7 rings (SSSR count). The van der Waals surface area contributed by atoms with Crippen molar-refractivity contribution in [3.63, 3.8) is 0 Å². The number of hydrogen-bond donors (Lipinski definition) is 1. The van der Waals surface area contributed by atoms with Crippen LogP contribution in [-0.2, 0) is 23.1 Å². The Hall–Kier alpha value is -4.32. The summed E-state index contributed by atoms with van der Waals surface area (Å²) in [5, 5.41) is 7.67. The van der Waals surface area contributed by atoms with Crippen molar-refractivity contribution in [1.82, 2.24) is 34.0 Å². The molecule has 0 unspecified atom stereocenters. The Bertz CT molecular complexity index is 1650. The lowest BCUT2D eigenvalue weighted by atomic mass is 10.0. The third-order valence-corrected chi connectivity index (χ3v) is 7.98. The Morgan fingerprint density at radius 2 is 1.95 bits per heavy atom. The number of rotatable bonds is 9. The minimum atomic E-state index is 0.175. The van der Waals surface area contributed by atoms with Crippen molar-refractivity contribution >= 4 is 11.5 Å². The Labute approximate surface area is 244 Å². The van der Waals surface area contributed by atoms with E-state index in [1.165, 1.54) is 0 Å². The number of morpholine rings is 1. The van der Waals surface area contributed by atoms with Crippen molar-refractivity contribution in [2.24, 2.45) is 7.05 Å². The molecule has 1 aromatic carbocycles. The monoisotopic (exact) mass is 566 g/mol. The Kier molecular flexibility index (Phi) is 7.52. The van der Waals surface area contributed by atoms with Crippen LogP contribution in [0.4, 0.5) is 5.82 Å². The molecule has 2 aliphatic heterocycles. The zero-order chi connectivity index (χ0) is 28.3. The van der Waals surface area contributed by atoms with Gasteiger partial charge in [0.05, 0.1) is 43.1 Å². The summed E-state index contributed by atoms with van der Waals surface area (Å²) in [5.41, 5.74) is 5.89. The lowest BCUT2D eigenvalue weighted by molar-refractivity contribution is -0.136. The molecule has 2 aliphatic rings. The first-order chi connectivity index (χ1) is 20.7. The molecule has 0 spiro atoms. The van der Waals surface area contributed by atoms with E-state index in [9.17, 15) is 0 Å². The summed E-state index contributed by atoms with van der Waals surface area (Å²) in [6, 6.07) is 14.8. The molecule has 216 valence electrons. The zero-order valence-corrected chi connectivity index (χ0v) is 23.6. The van der Waals surface area contributed by atoms with E-state index in [0.29, 0.717) is 25.8 Å². The van der Waals surface area contributed by atoms with Gasteiger partial charge < -0.3 is 19.5 Å². The van der Waals surface area contributed by atoms with Gasteiger partial charge in [-0.2, -0.15) is 5.10 Å². The largest absolute Gasteiger partial charge is 0.492 e. The highest BCUT2D eigenvalue weighted by atomic mass is 16.5. The first-order valence-electron chi connectivity index (χ1n) is 14.4. The number of hydrogen-bond acceptors (Lipinski definition) is 9. The van der Waals surface area contributed by atoms with Crippen LogP contribution in [0.3, 0.4) is 0 Å². The van der Waals surface area contributed by atoms with Gasteiger partial charge in [0.25, 0.3) is 0 Å². The van der Waals surface area contributed by atoms with Gasteiger partial charge >= 0.3 is 0 Å². The van der Waals surface area contributed by atoms with Gasteiger partial charge in [0.15, 0.2) is 0 Å². The van der Waals surface area contributed by atoms with Crippen LogP contribution in [0.1, 0.15) is 12.0 Å². The molecular formula is C31H34N8O3. The highest BCUT2D eigenvalue weighted by Gasteiger charge is 2.34. The number of pyridine rings is 1. The van der Waals surface area contributed by atoms with Crippen LogP contribution in [0.5, 0.6) is 5.75 Å². The van der Waals surface area contributed by atoms with Gasteiger partial charge in [0.1, 0.15) is 30.1 Å². The molecule has 0 bridgehead atoms. The summed E-state index contributed by atoms with van der Waals surface area (Å²) in [7, 11) is 1.92. The topological polar surface area (TPSA) is 104 Å². The molecule has 5 aromatic rings. The van der Waals surface area contributed by atoms with E-state index in [2.05, 4.69) is 54.5 Å². The van der Waals surface area contributed by atoms with Crippen molar-refractivity contribution < 1.29 is 14.2 Å². The fourth-order valence-corrected chi connectivity index (χ4v) is 5.74. The maximum absolute atomic E-state index is 6.13. The quantitative estimate of drug-likeness (QED) is 0.286. The molecule has 2 atom stereocenters. The highest BCUT2D eigenvalue weighted by molar-refractivity contribution is 5.64. The Morgan fingerprint density at radius 3 is 2.83 bits per heavy atom. The number of fused-ring (bicyclic) bond motifs is 2. The minimum Gasteiger partial charge on any atom is -0.492 e. The number of aryl methyl sites for hydroxylation is 1. The summed E-state index contributed by atoms with van der Waals surface area (Å²) >= 11 is 0. The average Bonchev–Trinajstić information content (AvgIpc) is 3.67. The number of imidazole rings is 1. The molecule has 0 amide bonds. The van der Waals surface area contributed by atoms with E-state index in [0.717, 1.165) is 78.0 Å². The number of nitrogens with one attached hydrogen (secondary N) is 1. The van der Waals surface area contributed by atoms with E-state index >= 15 is 0 Å². The maximum atomic E-state index is 6.13. The fourth-order valence-electron chi connectivity index (χ4n) is 5.74. The lowest BCUT2D eigenvalue weighted by Gasteiger charge is -2.43. The van der Waals surface area contributed by atoms with Gasteiger partial charge in [-0.05, 0) is 23.6 Å². The van der Waals surface area contributed by atoms with Crippen LogP contribution < -0.4 is 10.1 Å². The first-order valence-corrected chi connectivity index (χ1v) is 14.4. The van der Waals surface area contributed by atoms with Crippen LogP contribution in [-0.4, -0.2) is 85.7 Å². The van der Waals surface area contributed by atoms with Gasteiger partial charge in [-0.25, -0.2) is 15.0 Å². The predicted molar refractivity (Wildman–Crippen MR) is 158 cm³/mol. The lowest BCUT2D eigenvalue weighted by Crippen LogP contribution is -2.56. The highest BCUT2D eigenvalue weighted by Crippen LogP contribution is 2.25. The second kappa shape index (κ2) is 11.9. The normalized spacial score (nSPS) is 19.1. The number of aromatic nitrogens is 6. The number of ether oxygens (including phenoxy) is 3. The van der Waals surface area contributed by atoms with E-state index in [1.807, 2.05) is 59.1 Å². The van der Waals surface area contributed by atoms with Crippen LogP contribution >= 0.6 is 0 Å². The Morgan fingerprint density at radius 1 is 1.02 bits per heavy atom. The summed E-state index contributed by atoms with van der Waals surface area (Å²) in [6.45, 7) is 5.28. The first kappa shape index (κ1) is 26.6. The van der Waals surface area contributed by atoms with Crippen molar-refractivity contribution in [3.05, 3.63) is 79.1 Å². The summed E-state index contributed by atoms with van der Waals surface area (Å²) in [5.74, 6) is 1.55. The fraction of sp³-hybridized carbons (Fsp3) is 0.355. The van der Waals surface area contributed by atoms with Crippen LogP contribution in [0.25, 0.3) is 28.2 Å². The second-order valence-electron chi connectivity index (χ2n) is 10.7. The molecule has 2 fully saturated rings. The van der Waals surface area contributed by atoms with Gasteiger partial charge in [-0.1, -0.05) is 24.3 Å². The molecule has 42 heavy (non-hydrogen) atoms. The molecular weight excluding hydrogens is 532 g/mol. The molecule has 4 aromatic heterocycles. The van der Waals surface area contributed by atoms with Crippen molar-refractivity contribution in [1.29, 1.82) is 0 Å². The average molecular weight is 567 g/mol. The van der Waals surface area contributed by atoms with Crippen molar-refractivity contribution in [2.75, 3.05) is 44.8 Å². The molecule has 11 nitrogen and oxygen atoms in total. The van der Waals surface area contributed by atoms with Crippen LogP contribution in [0, 0.1) is 0 Å². The van der Waals surface area contributed by atoms with Gasteiger partial charge in [-0.3, -0.25) is 14.0 Å². The number of benzene rings is 1. The molecule has 6 heterocycles. The molecule has 0 saturated carbocycles. The third-order valence-electron chi connectivity index (χ3n) is 7.98. The van der Waals surface area contributed by atoms with E-state index in [-0.39, 0.29) is 6.10 Å². The molecule has 0 radical (unpaired) electrons. The molecule has 2 saturated heterocycles. The summed E-state index contributed by atoms with van der Waals surface area (Å²) in [6.07, 6.45) is 10.5. The molecule has 1 N–H and O–H groups in total. The second-order valence-corrected chi connectivity index (χ2v) is 10.7. The number of nitrogens with zero attached hydrogens (tertiary/aromatic N) is 7. The van der Waals surface area contributed by atoms with Crippen molar-refractivity contribution in [3.8, 4) is 28.3 Å². The number of anilines is 1. The zero-order valence-electron chi connectivity index (χ0n) is 23.6. The third kappa shape index (κ3) is 5.71. The molecule has 11 heteroatoms. The molecule has 0 aliphatic carbocycles. The van der Waals surface area contributed by atoms with Crippen LogP contribution in [0.2, 0.25) is 0 Å². The van der Waals surface area contributed by atoms with E-state index in [4.69, 9.17) is 14.2 Å². The SMILES string of the molecule is Cn1cc(-c2ccc(CNc3cc(-c4cnc5cc(OCCN6CCO[C@@H]7COCC[C@@H]76)ccn45)ncn3)cc2)cn1. The van der Waals surface area contributed by atoms with Gasteiger partial charge in [-0.15, -0.1) is 0 Å². The maximum Gasteiger partial charge on any atom is 0.140 e. The van der Waals surface area contributed by atoms with E-state index < -0.39 is 0 Å².